The van der Waals surface area contributed by atoms with Crippen molar-refractivity contribution in [1.82, 2.24) is 30.0 Å². The summed E-state index contributed by atoms with van der Waals surface area (Å²) in [5.74, 6) is 0.469. The second-order valence-electron chi connectivity index (χ2n) is 8.37. The summed E-state index contributed by atoms with van der Waals surface area (Å²) < 4.78 is 3.39. The van der Waals surface area contributed by atoms with Crippen LogP contribution in [0, 0.1) is 0 Å². The van der Waals surface area contributed by atoms with Gasteiger partial charge in [-0.25, -0.2) is 4.68 Å². The van der Waals surface area contributed by atoms with Gasteiger partial charge in [0.25, 0.3) is 0 Å². The number of rotatable bonds is 6. The average molecular weight is 448 g/mol. The van der Waals surface area contributed by atoms with Crippen molar-refractivity contribution in [3.8, 4) is 11.4 Å². The van der Waals surface area contributed by atoms with Crippen LogP contribution in [0.25, 0.3) is 11.4 Å². The monoisotopic (exact) mass is 447 g/mol. The van der Waals surface area contributed by atoms with Crippen molar-refractivity contribution in [1.29, 1.82) is 0 Å². The Bertz CT molecular complexity index is 1200. The maximum atomic E-state index is 13.1. The topological polar surface area (TPSA) is 90.5 Å². The molecule has 4 aromatic rings. The quantitative estimate of drug-likeness (QED) is 0.444. The van der Waals surface area contributed by atoms with Crippen molar-refractivity contribution >= 4 is 23.5 Å². The van der Waals surface area contributed by atoms with E-state index in [-0.39, 0.29) is 11.3 Å². The molecule has 4 rings (SSSR count). The van der Waals surface area contributed by atoms with E-state index in [0.29, 0.717) is 11.0 Å². The van der Waals surface area contributed by atoms with Crippen molar-refractivity contribution in [3.63, 3.8) is 0 Å². The van der Waals surface area contributed by atoms with Gasteiger partial charge < -0.3 is 5.32 Å². The fraction of sp³-hybridized carbons (Fsp3) is 0.261. The molecular formula is C23H25N7OS. The molecule has 2 aromatic carbocycles. The van der Waals surface area contributed by atoms with Crippen molar-refractivity contribution in [2.45, 2.75) is 43.5 Å². The second kappa shape index (κ2) is 8.96. The summed E-state index contributed by atoms with van der Waals surface area (Å²) in [6.45, 7) is 8.12. The van der Waals surface area contributed by atoms with E-state index in [2.05, 4.69) is 41.6 Å². The van der Waals surface area contributed by atoms with Crippen LogP contribution in [0.4, 0.5) is 5.82 Å². The van der Waals surface area contributed by atoms with Crippen molar-refractivity contribution in [2.24, 2.45) is 0 Å². The molecule has 1 N–H and O–H groups in total. The third-order valence-electron chi connectivity index (χ3n) is 4.82. The van der Waals surface area contributed by atoms with E-state index in [0.717, 1.165) is 17.1 Å². The molecule has 0 aliphatic rings. The number of carbonyl (C=O) groups is 1. The third kappa shape index (κ3) is 4.72. The number of aromatic nitrogens is 6. The molecule has 0 aliphatic heterocycles. The van der Waals surface area contributed by atoms with E-state index in [9.17, 15) is 4.79 Å². The van der Waals surface area contributed by atoms with E-state index >= 15 is 0 Å². The van der Waals surface area contributed by atoms with Gasteiger partial charge in [0.1, 0.15) is 5.82 Å². The molecule has 32 heavy (non-hydrogen) atoms. The normalized spacial score (nSPS) is 12.5. The lowest BCUT2D eigenvalue weighted by Gasteiger charge is -2.14. The Labute approximate surface area is 191 Å². The number of hydrogen-bond donors (Lipinski definition) is 1. The van der Waals surface area contributed by atoms with Crippen LogP contribution >= 0.6 is 11.8 Å². The van der Waals surface area contributed by atoms with Crippen LogP contribution in [-0.2, 0) is 10.2 Å². The zero-order valence-electron chi connectivity index (χ0n) is 18.4. The fourth-order valence-corrected chi connectivity index (χ4v) is 3.83. The number of hydrogen-bond acceptors (Lipinski definition) is 6. The highest BCUT2D eigenvalue weighted by Crippen LogP contribution is 2.28. The predicted molar refractivity (Wildman–Crippen MR) is 125 cm³/mol. The lowest BCUT2D eigenvalue weighted by atomic mass is 9.92. The molecule has 1 amide bonds. The lowest BCUT2D eigenvalue weighted by Crippen LogP contribution is -2.24. The van der Waals surface area contributed by atoms with Crippen LogP contribution in [0.1, 0.15) is 33.4 Å². The van der Waals surface area contributed by atoms with Gasteiger partial charge in [0, 0.05) is 11.5 Å². The molecule has 0 bridgehead atoms. The van der Waals surface area contributed by atoms with E-state index in [1.807, 2.05) is 73.7 Å². The summed E-state index contributed by atoms with van der Waals surface area (Å²) >= 11 is 1.30. The van der Waals surface area contributed by atoms with Crippen molar-refractivity contribution < 1.29 is 4.79 Å². The average Bonchev–Trinajstić information content (AvgIpc) is 3.42. The number of anilines is 1. The van der Waals surface area contributed by atoms with Gasteiger partial charge in [0.15, 0.2) is 0 Å². The smallest absolute Gasteiger partial charge is 0.238 e. The number of thioether (sulfide) groups is 1. The maximum absolute atomic E-state index is 13.1. The Kier molecular flexibility index (Phi) is 6.09. The second-order valence-corrected chi connectivity index (χ2v) is 9.68. The standard InChI is InChI=1S/C23H25N7OS/c1-16(32-22-25-27-28-30(22)18-13-9-6-10-14-18)21(31)24-20-15-19(23(2,3)4)26-29(20)17-11-7-5-8-12-17/h5-16H,1-4H3,(H,24,31). The van der Waals surface area contributed by atoms with Gasteiger partial charge in [-0.3, -0.25) is 4.79 Å². The Morgan fingerprint density at radius 1 is 0.969 bits per heavy atom. The summed E-state index contributed by atoms with van der Waals surface area (Å²) in [5, 5.41) is 19.8. The molecule has 0 saturated carbocycles. The first-order valence-corrected chi connectivity index (χ1v) is 11.2. The summed E-state index contributed by atoms with van der Waals surface area (Å²) in [4.78, 5) is 13.1. The number of tetrazole rings is 1. The summed E-state index contributed by atoms with van der Waals surface area (Å²) in [5.41, 5.74) is 2.46. The zero-order valence-corrected chi connectivity index (χ0v) is 19.2. The highest BCUT2D eigenvalue weighted by molar-refractivity contribution is 8.00. The predicted octanol–water partition coefficient (Wildman–Crippen LogP) is 4.26. The molecule has 0 saturated heterocycles. The number of amides is 1. The van der Waals surface area contributed by atoms with Crippen LogP contribution in [0.5, 0.6) is 0 Å². The van der Waals surface area contributed by atoms with Crippen LogP contribution in [0.3, 0.4) is 0 Å². The third-order valence-corrected chi connectivity index (χ3v) is 5.86. The summed E-state index contributed by atoms with van der Waals surface area (Å²) in [7, 11) is 0. The molecular weight excluding hydrogens is 422 g/mol. The van der Waals surface area contributed by atoms with Crippen LogP contribution in [-0.4, -0.2) is 41.1 Å². The van der Waals surface area contributed by atoms with Gasteiger partial charge in [-0.15, -0.1) is 5.10 Å². The maximum Gasteiger partial charge on any atom is 0.238 e. The number of para-hydroxylation sites is 2. The largest absolute Gasteiger partial charge is 0.310 e. The minimum atomic E-state index is -0.430. The van der Waals surface area contributed by atoms with Crippen molar-refractivity contribution in [2.75, 3.05) is 5.32 Å². The molecule has 9 heteroatoms. The first kappa shape index (κ1) is 21.8. The molecule has 0 aliphatic carbocycles. The van der Waals surface area contributed by atoms with Crippen LogP contribution in [0.15, 0.2) is 71.9 Å². The molecule has 164 valence electrons. The number of nitrogens with one attached hydrogen (secondary N) is 1. The lowest BCUT2D eigenvalue weighted by molar-refractivity contribution is -0.115. The SMILES string of the molecule is CC(Sc1nnnn1-c1ccccc1)C(=O)Nc1cc(C(C)(C)C)nn1-c1ccccc1. The molecule has 0 spiro atoms. The Balaban J connectivity index is 1.56. The minimum absolute atomic E-state index is 0.155. The number of carbonyl (C=O) groups excluding carboxylic acids is 1. The molecule has 1 unspecified atom stereocenters. The fourth-order valence-electron chi connectivity index (χ4n) is 3.03. The molecule has 0 fully saturated rings. The summed E-state index contributed by atoms with van der Waals surface area (Å²) in [6, 6.07) is 21.3. The highest BCUT2D eigenvalue weighted by Gasteiger charge is 2.24. The summed E-state index contributed by atoms with van der Waals surface area (Å²) in [6.07, 6.45) is 0. The van der Waals surface area contributed by atoms with Gasteiger partial charge in [-0.2, -0.15) is 9.78 Å². The van der Waals surface area contributed by atoms with E-state index < -0.39 is 5.25 Å². The van der Waals surface area contributed by atoms with Crippen LogP contribution in [0.2, 0.25) is 0 Å². The molecule has 2 heterocycles. The van der Waals surface area contributed by atoms with E-state index in [1.54, 1.807) is 9.36 Å². The van der Waals surface area contributed by atoms with Gasteiger partial charge >= 0.3 is 0 Å². The number of benzene rings is 2. The Hall–Kier alpha value is -3.46. The van der Waals surface area contributed by atoms with Crippen LogP contribution < -0.4 is 5.32 Å². The van der Waals surface area contributed by atoms with Gasteiger partial charge in [0.05, 0.1) is 22.3 Å². The van der Waals surface area contributed by atoms with E-state index in [1.165, 1.54) is 11.8 Å². The first-order chi connectivity index (χ1) is 15.3. The molecule has 1 atom stereocenters. The first-order valence-electron chi connectivity index (χ1n) is 10.3. The molecule has 2 aromatic heterocycles. The van der Waals surface area contributed by atoms with E-state index in [4.69, 9.17) is 5.10 Å². The highest BCUT2D eigenvalue weighted by atomic mass is 32.2. The Morgan fingerprint density at radius 3 is 2.16 bits per heavy atom. The molecule has 8 nitrogen and oxygen atoms in total. The number of nitrogens with zero attached hydrogens (tertiary/aromatic N) is 6. The van der Waals surface area contributed by atoms with Gasteiger partial charge in [-0.1, -0.05) is 68.9 Å². The molecule has 0 radical (unpaired) electrons. The minimum Gasteiger partial charge on any atom is -0.310 e. The van der Waals surface area contributed by atoms with Crippen molar-refractivity contribution in [3.05, 3.63) is 72.4 Å². The Morgan fingerprint density at radius 2 is 1.56 bits per heavy atom. The van der Waals surface area contributed by atoms with Gasteiger partial charge in [-0.05, 0) is 41.6 Å². The zero-order chi connectivity index (χ0) is 22.7. The van der Waals surface area contributed by atoms with Gasteiger partial charge in [0.2, 0.25) is 11.1 Å².